The molecule has 0 spiro atoms. The van der Waals surface area contributed by atoms with Crippen molar-refractivity contribution in [2.75, 3.05) is 6.61 Å². The molecule has 0 saturated carbocycles. The lowest BCUT2D eigenvalue weighted by molar-refractivity contribution is 0.0734. The predicted molar refractivity (Wildman–Crippen MR) is 140 cm³/mol. The maximum absolute atomic E-state index is 12.5. The predicted octanol–water partition coefficient (Wildman–Crippen LogP) is 8.09. The first-order valence-corrected chi connectivity index (χ1v) is 12.3. The molecule has 0 amide bonds. The van der Waals surface area contributed by atoms with E-state index >= 15 is 0 Å². The first-order chi connectivity index (χ1) is 16.7. The van der Waals surface area contributed by atoms with Crippen LogP contribution in [0.15, 0.2) is 77.8 Å². The summed E-state index contributed by atoms with van der Waals surface area (Å²) in [5.41, 5.74) is 3.49. The number of carbonyl (C=O) groups is 1. The highest BCUT2D eigenvalue weighted by Crippen LogP contribution is 2.19. The molecule has 0 saturated heterocycles. The molecule has 0 fully saturated rings. The summed E-state index contributed by atoms with van der Waals surface area (Å²) in [5.74, 6) is 0.886. The largest absolute Gasteiger partial charge is 0.494 e. The second kappa shape index (κ2) is 14.0. The third kappa shape index (κ3) is 8.51. The summed E-state index contributed by atoms with van der Waals surface area (Å²) in [6.45, 7) is 4.97. The van der Waals surface area contributed by atoms with Crippen LogP contribution in [0.3, 0.4) is 0 Å². The molecule has 0 aromatic heterocycles. The van der Waals surface area contributed by atoms with Crippen molar-refractivity contribution in [3.63, 3.8) is 0 Å². The molecule has 0 aliphatic rings. The number of aryl methyl sites for hydroxylation is 1. The number of benzene rings is 3. The van der Waals surface area contributed by atoms with Crippen molar-refractivity contribution in [2.24, 2.45) is 4.99 Å². The molecule has 0 bridgehead atoms. The summed E-state index contributed by atoms with van der Waals surface area (Å²) in [7, 11) is 0. The minimum absolute atomic E-state index is 0.389. The Balaban J connectivity index is 1.42. The Morgan fingerprint density at radius 1 is 0.794 bits per heavy atom. The number of aliphatic imine (C=N–C) groups is 1. The summed E-state index contributed by atoms with van der Waals surface area (Å²) < 4.78 is 11.3. The van der Waals surface area contributed by atoms with Crippen molar-refractivity contribution in [3.05, 3.63) is 89.5 Å². The molecule has 0 radical (unpaired) electrons. The van der Waals surface area contributed by atoms with Crippen LogP contribution in [0.1, 0.15) is 73.4 Å². The number of nitrogens with zero attached hydrogens (tertiary/aromatic N) is 1. The van der Waals surface area contributed by atoms with Gasteiger partial charge in [-0.25, -0.2) is 4.79 Å². The van der Waals surface area contributed by atoms with Gasteiger partial charge in [-0.1, -0.05) is 63.6 Å². The fraction of sp³-hybridized carbons (Fsp3) is 0.333. The average Bonchev–Trinajstić information content (AvgIpc) is 2.86. The van der Waals surface area contributed by atoms with Crippen LogP contribution in [0.2, 0.25) is 0 Å². The molecule has 0 heterocycles. The van der Waals surface area contributed by atoms with Crippen LogP contribution in [-0.4, -0.2) is 18.8 Å². The first-order valence-electron chi connectivity index (χ1n) is 12.3. The van der Waals surface area contributed by atoms with Crippen LogP contribution in [-0.2, 0) is 0 Å². The minimum Gasteiger partial charge on any atom is -0.494 e. The number of esters is 1. The summed E-state index contributed by atoms with van der Waals surface area (Å²) >= 11 is 0. The maximum Gasteiger partial charge on any atom is 0.343 e. The molecule has 178 valence electrons. The number of unbranched alkanes of at least 4 members (excludes halogenated alkanes) is 6. The van der Waals surface area contributed by atoms with Gasteiger partial charge in [-0.05, 0) is 79.1 Å². The summed E-state index contributed by atoms with van der Waals surface area (Å²) in [6, 6.07) is 22.4. The molecule has 0 aliphatic carbocycles. The number of rotatable bonds is 13. The quantitative estimate of drug-likeness (QED) is 0.113. The van der Waals surface area contributed by atoms with Crippen molar-refractivity contribution < 1.29 is 14.3 Å². The second-order valence-electron chi connectivity index (χ2n) is 8.50. The molecule has 3 aromatic carbocycles. The summed E-state index contributed by atoms with van der Waals surface area (Å²) in [5, 5.41) is 0. The third-order valence-electron chi connectivity index (χ3n) is 5.67. The van der Waals surface area contributed by atoms with E-state index in [1.54, 1.807) is 30.5 Å². The summed E-state index contributed by atoms with van der Waals surface area (Å²) in [4.78, 5) is 17.0. The van der Waals surface area contributed by atoms with Crippen molar-refractivity contribution >= 4 is 17.9 Å². The number of hydrogen-bond acceptors (Lipinski definition) is 4. The lowest BCUT2D eigenvalue weighted by Crippen LogP contribution is -2.08. The SMILES string of the molecule is CCCCCCCCCOc1ccc(C(=O)Oc2ccc(C=Nc3ccccc3C)cc2)cc1. The zero-order valence-corrected chi connectivity index (χ0v) is 20.3. The molecule has 0 N–H and O–H groups in total. The van der Waals surface area contributed by atoms with Crippen LogP contribution >= 0.6 is 0 Å². The van der Waals surface area contributed by atoms with Crippen LogP contribution in [0.5, 0.6) is 11.5 Å². The number of ether oxygens (including phenoxy) is 2. The Labute approximate surface area is 203 Å². The van der Waals surface area contributed by atoms with Crippen molar-refractivity contribution in [2.45, 2.75) is 58.8 Å². The molecular formula is C30H35NO3. The standard InChI is InChI=1S/C30H35NO3/c1-3-4-5-6-7-8-11-22-33-27-20-16-26(17-21-27)30(32)34-28-18-14-25(15-19-28)23-31-29-13-10-9-12-24(29)2/h9-10,12-21,23H,3-8,11,22H2,1-2H3. The molecule has 0 atom stereocenters. The Morgan fingerprint density at radius 3 is 2.15 bits per heavy atom. The van der Waals surface area contributed by atoms with Crippen LogP contribution in [0, 0.1) is 6.92 Å². The van der Waals surface area contributed by atoms with Crippen LogP contribution in [0.25, 0.3) is 0 Å². The van der Waals surface area contributed by atoms with Crippen molar-refractivity contribution in [3.8, 4) is 11.5 Å². The van der Waals surface area contributed by atoms with E-state index in [-0.39, 0.29) is 5.97 Å². The minimum atomic E-state index is -0.389. The normalized spacial score (nSPS) is 11.0. The van der Waals surface area contributed by atoms with Gasteiger partial charge in [0.1, 0.15) is 11.5 Å². The lowest BCUT2D eigenvalue weighted by Gasteiger charge is -2.08. The second-order valence-corrected chi connectivity index (χ2v) is 8.50. The van der Waals surface area contributed by atoms with Gasteiger partial charge in [0, 0.05) is 6.21 Å². The fourth-order valence-electron chi connectivity index (χ4n) is 3.58. The monoisotopic (exact) mass is 457 g/mol. The molecule has 34 heavy (non-hydrogen) atoms. The van der Waals surface area contributed by atoms with E-state index in [9.17, 15) is 4.79 Å². The van der Waals surface area contributed by atoms with Crippen molar-refractivity contribution in [1.29, 1.82) is 0 Å². The topological polar surface area (TPSA) is 47.9 Å². The Kier molecular flexibility index (Phi) is 10.4. The van der Waals surface area contributed by atoms with Gasteiger partial charge in [0.05, 0.1) is 17.9 Å². The molecular weight excluding hydrogens is 422 g/mol. The van der Waals surface area contributed by atoms with Gasteiger partial charge in [-0.2, -0.15) is 0 Å². The van der Waals surface area contributed by atoms with Gasteiger partial charge in [-0.3, -0.25) is 4.99 Å². The number of hydrogen-bond donors (Lipinski definition) is 0. The highest BCUT2D eigenvalue weighted by atomic mass is 16.5. The first kappa shape index (κ1) is 25.2. The van der Waals surface area contributed by atoms with Gasteiger partial charge >= 0.3 is 5.97 Å². The van der Waals surface area contributed by atoms with E-state index in [0.717, 1.165) is 29.0 Å². The highest BCUT2D eigenvalue weighted by molar-refractivity contribution is 5.91. The van der Waals surface area contributed by atoms with Gasteiger partial charge in [0.25, 0.3) is 0 Å². The smallest absolute Gasteiger partial charge is 0.343 e. The highest BCUT2D eigenvalue weighted by Gasteiger charge is 2.09. The zero-order valence-electron chi connectivity index (χ0n) is 20.3. The van der Waals surface area contributed by atoms with Crippen molar-refractivity contribution in [1.82, 2.24) is 0 Å². The van der Waals surface area contributed by atoms with E-state index in [4.69, 9.17) is 9.47 Å². The van der Waals surface area contributed by atoms with E-state index in [1.165, 1.54) is 38.5 Å². The van der Waals surface area contributed by atoms with Gasteiger partial charge in [0.2, 0.25) is 0 Å². The molecule has 0 aliphatic heterocycles. The molecule has 0 unspecified atom stereocenters. The van der Waals surface area contributed by atoms with E-state index in [1.807, 2.05) is 55.5 Å². The van der Waals surface area contributed by atoms with Crippen LogP contribution in [0.4, 0.5) is 5.69 Å². The van der Waals surface area contributed by atoms with Crippen LogP contribution < -0.4 is 9.47 Å². The molecule has 3 rings (SSSR count). The summed E-state index contributed by atoms with van der Waals surface area (Å²) in [6.07, 6.45) is 10.6. The average molecular weight is 458 g/mol. The molecule has 3 aromatic rings. The molecule has 4 heteroatoms. The van der Waals surface area contributed by atoms with Gasteiger partial charge in [0.15, 0.2) is 0 Å². The maximum atomic E-state index is 12.5. The van der Waals surface area contributed by atoms with E-state index in [0.29, 0.717) is 17.9 Å². The Hall–Kier alpha value is -3.40. The zero-order chi connectivity index (χ0) is 24.0. The lowest BCUT2D eigenvalue weighted by atomic mass is 10.1. The van der Waals surface area contributed by atoms with Gasteiger partial charge in [-0.15, -0.1) is 0 Å². The van der Waals surface area contributed by atoms with E-state index < -0.39 is 0 Å². The Bertz CT molecular complexity index is 1040. The van der Waals surface area contributed by atoms with Gasteiger partial charge < -0.3 is 9.47 Å². The third-order valence-corrected chi connectivity index (χ3v) is 5.67. The Morgan fingerprint density at radius 2 is 1.44 bits per heavy atom. The number of para-hydroxylation sites is 1. The molecule has 4 nitrogen and oxygen atoms in total. The fourth-order valence-corrected chi connectivity index (χ4v) is 3.58. The number of carbonyl (C=O) groups excluding carboxylic acids is 1. The van der Waals surface area contributed by atoms with E-state index in [2.05, 4.69) is 11.9 Å².